The molecule has 0 radical (unpaired) electrons. The molecule has 9 heteroatoms. The highest BCUT2D eigenvalue weighted by atomic mass is 32.3. The van der Waals surface area contributed by atoms with Gasteiger partial charge in [-0.15, -0.1) is 5.10 Å². The van der Waals surface area contributed by atoms with Crippen molar-refractivity contribution in [3.63, 3.8) is 0 Å². The van der Waals surface area contributed by atoms with Crippen molar-refractivity contribution in [3.8, 4) is 11.3 Å². The molecule has 0 N–H and O–H groups in total. The number of pyridine rings is 1. The van der Waals surface area contributed by atoms with Crippen molar-refractivity contribution >= 4 is 21.9 Å². The number of nitrogens with zero attached hydrogens (tertiary/aromatic N) is 3. The maximum absolute atomic E-state index is 10.2. The second kappa shape index (κ2) is 5.48. The largest absolute Gasteiger partial charge is 0.726 e. The molecule has 0 bridgehead atoms. The second-order valence-electron chi connectivity index (χ2n) is 3.35. The van der Waals surface area contributed by atoms with E-state index in [1.807, 2.05) is 17.5 Å². The van der Waals surface area contributed by atoms with Gasteiger partial charge in [0.25, 0.3) is 0 Å². The molecule has 2 aromatic heterocycles. The molecule has 0 spiro atoms. The van der Waals surface area contributed by atoms with Crippen molar-refractivity contribution in [1.82, 2.24) is 9.59 Å². The van der Waals surface area contributed by atoms with Gasteiger partial charge in [0, 0.05) is 23.1 Å². The standard InChI is InChI=1S/C9H9N3O4S2/c13-18(14,15)16-6-5-12-3-1-8(2-4-12)9-7-17-11-10-9/h1-4,7H,5-6H2. The van der Waals surface area contributed by atoms with E-state index >= 15 is 0 Å². The van der Waals surface area contributed by atoms with Crippen molar-refractivity contribution in [2.24, 2.45) is 0 Å². The van der Waals surface area contributed by atoms with Crippen LogP contribution in [0.15, 0.2) is 29.9 Å². The monoisotopic (exact) mass is 287 g/mol. The lowest BCUT2D eigenvalue weighted by atomic mass is 10.2. The lowest BCUT2D eigenvalue weighted by Crippen LogP contribution is -2.35. The van der Waals surface area contributed by atoms with Gasteiger partial charge in [-0.1, -0.05) is 4.49 Å². The predicted molar refractivity (Wildman–Crippen MR) is 61.2 cm³/mol. The van der Waals surface area contributed by atoms with Crippen molar-refractivity contribution in [2.75, 3.05) is 6.61 Å². The van der Waals surface area contributed by atoms with Crippen LogP contribution in [0.3, 0.4) is 0 Å². The fourth-order valence-corrected chi connectivity index (χ4v) is 2.06. The molecule has 0 aromatic carbocycles. The fourth-order valence-electron chi connectivity index (χ4n) is 1.31. The number of rotatable bonds is 5. The van der Waals surface area contributed by atoms with Crippen LogP contribution in [0.2, 0.25) is 0 Å². The van der Waals surface area contributed by atoms with E-state index in [2.05, 4.69) is 13.8 Å². The van der Waals surface area contributed by atoms with Gasteiger partial charge in [-0.3, -0.25) is 4.18 Å². The van der Waals surface area contributed by atoms with E-state index < -0.39 is 10.4 Å². The van der Waals surface area contributed by atoms with Gasteiger partial charge in [0.05, 0.1) is 0 Å². The molecule has 96 valence electrons. The molecule has 2 aromatic rings. The molecular weight excluding hydrogens is 278 g/mol. The highest BCUT2D eigenvalue weighted by Crippen LogP contribution is 2.14. The second-order valence-corrected chi connectivity index (χ2v) is 5.01. The van der Waals surface area contributed by atoms with E-state index in [0.717, 1.165) is 11.3 Å². The van der Waals surface area contributed by atoms with Crippen LogP contribution in [0.4, 0.5) is 0 Å². The third kappa shape index (κ3) is 3.81. The van der Waals surface area contributed by atoms with Crippen LogP contribution >= 0.6 is 11.5 Å². The van der Waals surface area contributed by atoms with E-state index in [4.69, 9.17) is 0 Å². The van der Waals surface area contributed by atoms with Crippen molar-refractivity contribution in [1.29, 1.82) is 0 Å². The average Bonchev–Trinajstić information content (AvgIpc) is 2.82. The van der Waals surface area contributed by atoms with E-state index in [1.165, 1.54) is 11.5 Å². The Hall–Kier alpha value is -1.42. The molecule has 0 aliphatic carbocycles. The molecule has 18 heavy (non-hydrogen) atoms. The molecular formula is C9H9N3O4S2. The Balaban J connectivity index is 1.96. The molecule has 0 fully saturated rings. The third-order valence-corrected chi connectivity index (χ3v) is 3.08. The molecule has 7 nitrogen and oxygen atoms in total. The van der Waals surface area contributed by atoms with Crippen molar-refractivity contribution in [3.05, 3.63) is 29.9 Å². The van der Waals surface area contributed by atoms with Gasteiger partial charge in [-0.05, 0) is 11.5 Å². The molecule has 0 aliphatic rings. The molecule has 0 amide bonds. The molecule has 2 heterocycles. The normalized spacial score (nSPS) is 11.6. The van der Waals surface area contributed by atoms with E-state index in [9.17, 15) is 13.0 Å². The first kappa shape index (κ1) is 13.0. The Bertz CT molecular complexity index is 595. The first-order valence-electron chi connectivity index (χ1n) is 4.91. The summed E-state index contributed by atoms with van der Waals surface area (Å²) in [7, 11) is -4.62. The third-order valence-electron chi connectivity index (χ3n) is 2.12. The average molecular weight is 287 g/mol. The lowest BCUT2D eigenvalue weighted by Gasteiger charge is -2.05. The van der Waals surface area contributed by atoms with Crippen LogP contribution in [0.25, 0.3) is 11.3 Å². The zero-order valence-electron chi connectivity index (χ0n) is 9.09. The van der Waals surface area contributed by atoms with Gasteiger partial charge in [-0.2, -0.15) is 0 Å². The summed E-state index contributed by atoms with van der Waals surface area (Å²) in [6.45, 7) is 0.0885. The summed E-state index contributed by atoms with van der Waals surface area (Å²) < 4.78 is 40.3. The van der Waals surface area contributed by atoms with Crippen LogP contribution in [0, 0.1) is 0 Å². The van der Waals surface area contributed by atoms with Gasteiger partial charge in [0.1, 0.15) is 12.3 Å². The number of hydrogen-bond acceptors (Lipinski definition) is 7. The highest BCUT2D eigenvalue weighted by molar-refractivity contribution is 7.80. The summed E-state index contributed by atoms with van der Waals surface area (Å²) in [6.07, 6.45) is 3.49. The topological polar surface area (TPSA) is 96.1 Å². The van der Waals surface area contributed by atoms with E-state index in [0.29, 0.717) is 0 Å². The van der Waals surface area contributed by atoms with Crippen molar-refractivity contribution < 1.29 is 21.7 Å². The molecule has 0 saturated heterocycles. The maximum Gasteiger partial charge on any atom is 0.217 e. The van der Waals surface area contributed by atoms with Gasteiger partial charge < -0.3 is 4.55 Å². The van der Waals surface area contributed by atoms with Gasteiger partial charge in [0.15, 0.2) is 18.9 Å². The number of aromatic nitrogens is 3. The SMILES string of the molecule is O=S(=O)([O-])OCC[n+]1ccc(-c2csnn2)cc1. The summed E-state index contributed by atoms with van der Waals surface area (Å²) >= 11 is 1.27. The predicted octanol–water partition coefficient (Wildman–Crippen LogP) is -0.0306. The van der Waals surface area contributed by atoms with E-state index in [1.54, 1.807) is 17.0 Å². The maximum atomic E-state index is 10.2. The zero-order chi connectivity index (χ0) is 13.0. The first-order valence-corrected chi connectivity index (χ1v) is 7.08. The summed E-state index contributed by atoms with van der Waals surface area (Å²) in [5.41, 5.74) is 1.70. The Morgan fingerprint density at radius 2 is 2.11 bits per heavy atom. The van der Waals surface area contributed by atoms with Crippen LogP contribution in [0.1, 0.15) is 0 Å². The minimum absolute atomic E-state index is 0.186. The zero-order valence-corrected chi connectivity index (χ0v) is 10.7. The molecule has 0 saturated carbocycles. The van der Waals surface area contributed by atoms with Crippen LogP contribution < -0.4 is 4.57 Å². The summed E-state index contributed by atoms with van der Waals surface area (Å²) in [6, 6.07) is 3.64. The molecule has 0 atom stereocenters. The van der Waals surface area contributed by atoms with E-state index in [-0.39, 0.29) is 13.2 Å². The summed E-state index contributed by atoms with van der Waals surface area (Å²) in [4.78, 5) is 0. The van der Waals surface area contributed by atoms with Gasteiger partial charge >= 0.3 is 0 Å². The summed E-state index contributed by atoms with van der Waals surface area (Å²) in [5.74, 6) is 0. The summed E-state index contributed by atoms with van der Waals surface area (Å²) in [5, 5.41) is 5.75. The van der Waals surface area contributed by atoms with Gasteiger partial charge in [-0.25, -0.2) is 13.0 Å². The minimum Gasteiger partial charge on any atom is -0.726 e. The first-order chi connectivity index (χ1) is 8.54. The van der Waals surface area contributed by atoms with Gasteiger partial charge in [0.2, 0.25) is 10.4 Å². The van der Waals surface area contributed by atoms with Crippen LogP contribution in [-0.4, -0.2) is 29.2 Å². The highest BCUT2D eigenvalue weighted by Gasteiger charge is 2.05. The minimum atomic E-state index is -4.62. The van der Waals surface area contributed by atoms with Crippen molar-refractivity contribution in [2.45, 2.75) is 6.54 Å². The lowest BCUT2D eigenvalue weighted by molar-refractivity contribution is -0.697. The Morgan fingerprint density at radius 3 is 2.67 bits per heavy atom. The Morgan fingerprint density at radius 1 is 1.39 bits per heavy atom. The van der Waals surface area contributed by atoms with Crippen LogP contribution in [0.5, 0.6) is 0 Å². The Kier molecular flexibility index (Phi) is 3.97. The molecule has 0 unspecified atom stereocenters. The Labute approximate surface area is 108 Å². The quantitative estimate of drug-likeness (QED) is 0.435. The smallest absolute Gasteiger partial charge is 0.217 e. The van der Waals surface area contributed by atoms with Crippen LogP contribution in [-0.2, 0) is 21.1 Å². The molecule has 0 aliphatic heterocycles. The molecule has 2 rings (SSSR count). The number of hydrogen-bond donors (Lipinski definition) is 0. The fraction of sp³-hybridized carbons (Fsp3) is 0.222.